The topological polar surface area (TPSA) is 112 Å². The molecule has 4 aromatic rings. The molecule has 4 heterocycles. The molecule has 0 saturated carbocycles. The van der Waals surface area contributed by atoms with Crippen LogP contribution in [0.5, 0.6) is 0 Å². The van der Waals surface area contributed by atoms with Gasteiger partial charge in [0.25, 0.3) is 5.91 Å². The van der Waals surface area contributed by atoms with Gasteiger partial charge >= 0.3 is 0 Å². The van der Waals surface area contributed by atoms with E-state index in [1.807, 2.05) is 16.8 Å². The van der Waals surface area contributed by atoms with Crippen molar-refractivity contribution in [1.82, 2.24) is 9.88 Å². The second kappa shape index (κ2) is 8.35. The maximum Gasteiger partial charge on any atom is 0.266 e. The quantitative estimate of drug-likeness (QED) is 0.457. The highest BCUT2D eigenvalue weighted by molar-refractivity contribution is 7.21. The average Bonchev–Trinajstić information content (AvgIpc) is 3.47. The molecule has 33 heavy (non-hydrogen) atoms. The number of amides is 1. The number of nitrogens with zero attached hydrogens (tertiary/aromatic N) is 4. The Balaban J connectivity index is 1.47. The normalized spacial score (nSPS) is 13.9. The number of nitrogens with two attached hydrogens (primary N) is 2. The molecule has 0 aliphatic carbocycles. The molecule has 1 amide bonds. The summed E-state index contributed by atoms with van der Waals surface area (Å²) in [7, 11) is 0. The Kier molecular flexibility index (Phi) is 5.36. The van der Waals surface area contributed by atoms with Crippen molar-refractivity contribution in [3.63, 3.8) is 0 Å². The van der Waals surface area contributed by atoms with E-state index in [9.17, 15) is 14.4 Å². The maximum atomic E-state index is 13.4. The van der Waals surface area contributed by atoms with Gasteiger partial charge in [-0.25, -0.2) is 9.37 Å². The number of thiophene rings is 2. The number of nitriles is 1. The van der Waals surface area contributed by atoms with Gasteiger partial charge in [-0.3, -0.25) is 4.79 Å². The number of hydrogen-bond acceptors (Lipinski definition) is 8. The minimum Gasteiger partial charge on any atom is -0.397 e. The van der Waals surface area contributed by atoms with E-state index in [2.05, 4.69) is 16.0 Å². The highest BCUT2D eigenvalue weighted by Crippen LogP contribution is 2.43. The van der Waals surface area contributed by atoms with E-state index in [1.165, 1.54) is 34.8 Å². The summed E-state index contributed by atoms with van der Waals surface area (Å²) in [5.74, 6) is -0.314. The summed E-state index contributed by atoms with van der Waals surface area (Å²) in [5.41, 5.74) is 15.5. The second-order valence-corrected chi connectivity index (χ2v) is 9.43. The van der Waals surface area contributed by atoms with E-state index < -0.39 is 0 Å². The minimum atomic E-state index is -0.275. The van der Waals surface area contributed by atoms with Crippen molar-refractivity contribution in [2.75, 3.05) is 42.5 Å². The van der Waals surface area contributed by atoms with Crippen LogP contribution in [0.2, 0.25) is 0 Å². The molecule has 3 aromatic heterocycles. The van der Waals surface area contributed by atoms with E-state index in [-0.39, 0.29) is 23.1 Å². The van der Waals surface area contributed by atoms with Crippen LogP contribution in [0.25, 0.3) is 21.3 Å². The predicted molar refractivity (Wildman–Crippen MR) is 131 cm³/mol. The molecule has 1 fully saturated rings. The van der Waals surface area contributed by atoms with Crippen LogP contribution in [0.1, 0.15) is 15.2 Å². The van der Waals surface area contributed by atoms with E-state index in [0.29, 0.717) is 52.5 Å². The van der Waals surface area contributed by atoms with Gasteiger partial charge in [0.05, 0.1) is 5.69 Å². The zero-order valence-electron chi connectivity index (χ0n) is 17.4. The maximum absolute atomic E-state index is 13.4. The Morgan fingerprint density at radius 1 is 1.12 bits per heavy atom. The molecule has 5 rings (SSSR count). The molecule has 7 nitrogen and oxygen atoms in total. The molecule has 0 radical (unpaired) electrons. The summed E-state index contributed by atoms with van der Waals surface area (Å²) in [6.45, 7) is 2.29. The Hall–Kier alpha value is -3.68. The minimum absolute atomic E-state index is 0.124. The van der Waals surface area contributed by atoms with Gasteiger partial charge in [-0.15, -0.1) is 11.3 Å². The van der Waals surface area contributed by atoms with Crippen LogP contribution in [0.3, 0.4) is 0 Å². The number of nitrogen functional groups attached to an aromatic ring is 2. The van der Waals surface area contributed by atoms with Crippen molar-refractivity contribution < 1.29 is 9.18 Å². The zero-order chi connectivity index (χ0) is 23.1. The van der Waals surface area contributed by atoms with Crippen molar-refractivity contribution >= 4 is 56.0 Å². The second-order valence-electron chi connectivity index (χ2n) is 7.65. The third kappa shape index (κ3) is 3.65. The van der Waals surface area contributed by atoms with E-state index in [0.717, 1.165) is 11.3 Å². The first kappa shape index (κ1) is 21.2. The van der Waals surface area contributed by atoms with Crippen molar-refractivity contribution in [2.24, 2.45) is 0 Å². The molecule has 0 unspecified atom stereocenters. The summed E-state index contributed by atoms with van der Waals surface area (Å²) in [6.07, 6.45) is 0. The van der Waals surface area contributed by atoms with Crippen molar-refractivity contribution in [3.8, 4) is 17.2 Å². The highest BCUT2D eigenvalue weighted by Gasteiger charge is 2.29. The third-order valence-corrected chi connectivity index (χ3v) is 7.55. The summed E-state index contributed by atoms with van der Waals surface area (Å²) in [4.78, 5) is 22.6. The molecule has 0 atom stereocenters. The predicted octanol–water partition coefficient (Wildman–Crippen LogP) is 4.16. The van der Waals surface area contributed by atoms with Gasteiger partial charge in [0, 0.05) is 42.8 Å². The van der Waals surface area contributed by atoms with Crippen molar-refractivity contribution in [1.29, 1.82) is 5.26 Å². The number of carbonyl (C=O) groups excluding carboxylic acids is 1. The third-order valence-electron chi connectivity index (χ3n) is 5.78. The molecule has 0 bridgehead atoms. The summed E-state index contributed by atoms with van der Waals surface area (Å²) < 4.78 is 13.2. The first-order valence-corrected chi connectivity index (χ1v) is 12.0. The Morgan fingerprint density at radius 3 is 2.48 bits per heavy atom. The van der Waals surface area contributed by atoms with Crippen LogP contribution >= 0.6 is 22.7 Å². The van der Waals surface area contributed by atoms with E-state index >= 15 is 0 Å². The molecular weight excluding hydrogens is 459 g/mol. The van der Waals surface area contributed by atoms with Crippen LogP contribution in [0.4, 0.5) is 21.6 Å². The number of pyridine rings is 1. The van der Waals surface area contributed by atoms with E-state index in [4.69, 9.17) is 11.5 Å². The lowest BCUT2D eigenvalue weighted by atomic mass is 9.99. The summed E-state index contributed by atoms with van der Waals surface area (Å²) in [5, 5.41) is 14.1. The summed E-state index contributed by atoms with van der Waals surface area (Å²) in [6, 6.07) is 10.4. The molecule has 1 aromatic carbocycles. The first-order chi connectivity index (χ1) is 16.0. The smallest absolute Gasteiger partial charge is 0.266 e. The average molecular weight is 479 g/mol. The number of anilines is 3. The number of halogens is 1. The lowest BCUT2D eigenvalue weighted by molar-refractivity contribution is 0.0752. The number of carbonyl (C=O) groups is 1. The van der Waals surface area contributed by atoms with Gasteiger partial charge in [0.15, 0.2) is 0 Å². The molecule has 0 spiro atoms. The Labute approximate surface area is 197 Å². The van der Waals surface area contributed by atoms with Gasteiger partial charge in [0.2, 0.25) is 0 Å². The number of fused-ring (bicyclic) bond motifs is 1. The largest absolute Gasteiger partial charge is 0.397 e. The Bertz CT molecular complexity index is 1380. The zero-order valence-corrected chi connectivity index (χ0v) is 19.0. The fourth-order valence-corrected chi connectivity index (χ4v) is 5.83. The van der Waals surface area contributed by atoms with E-state index in [1.54, 1.807) is 17.0 Å². The molecular formula is C23H19FN6OS2. The van der Waals surface area contributed by atoms with Crippen LogP contribution in [0.15, 0.2) is 41.1 Å². The number of benzene rings is 1. The van der Waals surface area contributed by atoms with Gasteiger partial charge in [-0.1, -0.05) is 0 Å². The van der Waals surface area contributed by atoms with Gasteiger partial charge in [-0.05, 0) is 46.7 Å². The number of aromatic nitrogens is 1. The fourth-order valence-electron chi connectivity index (χ4n) is 4.10. The molecule has 1 saturated heterocycles. The first-order valence-electron chi connectivity index (χ1n) is 10.2. The molecule has 1 aliphatic heterocycles. The fraction of sp³-hybridized carbons (Fsp3) is 0.174. The highest BCUT2D eigenvalue weighted by atomic mass is 32.1. The molecule has 1 aliphatic rings. The van der Waals surface area contributed by atoms with Gasteiger partial charge in [0.1, 0.15) is 33.0 Å². The Morgan fingerprint density at radius 2 is 1.85 bits per heavy atom. The van der Waals surface area contributed by atoms with Gasteiger partial charge in [-0.2, -0.15) is 16.6 Å². The standard InChI is InChI=1S/C23H19FN6OS2/c24-14-1-3-15(4-2-14)29-6-8-30(9-7-29)23(31)20-19(26)18-17(13-5-10-32-12-13)16(11-25)21(27)28-22(18)33-20/h1-5,10,12H,6-9,26H2,(H2,27,28). The molecule has 166 valence electrons. The van der Waals surface area contributed by atoms with Crippen molar-refractivity contribution in [2.45, 2.75) is 0 Å². The van der Waals surface area contributed by atoms with Crippen LogP contribution < -0.4 is 16.4 Å². The number of hydrogen-bond donors (Lipinski definition) is 2. The molecule has 10 heteroatoms. The number of rotatable bonds is 3. The molecule has 4 N–H and O–H groups in total. The number of piperazine rings is 1. The van der Waals surface area contributed by atoms with Crippen LogP contribution in [0, 0.1) is 17.1 Å². The van der Waals surface area contributed by atoms with Crippen LogP contribution in [-0.4, -0.2) is 42.0 Å². The lowest BCUT2D eigenvalue weighted by Crippen LogP contribution is -2.48. The van der Waals surface area contributed by atoms with Crippen LogP contribution in [-0.2, 0) is 0 Å². The monoisotopic (exact) mass is 478 g/mol. The van der Waals surface area contributed by atoms with Crippen molar-refractivity contribution in [3.05, 3.63) is 57.3 Å². The van der Waals surface area contributed by atoms with Gasteiger partial charge < -0.3 is 21.3 Å². The lowest BCUT2D eigenvalue weighted by Gasteiger charge is -2.36. The SMILES string of the molecule is N#Cc1c(N)nc2sc(C(=O)N3CCN(c4ccc(F)cc4)CC3)c(N)c2c1-c1ccsc1. The summed E-state index contributed by atoms with van der Waals surface area (Å²) >= 11 is 2.70.